The summed E-state index contributed by atoms with van der Waals surface area (Å²) >= 11 is 6.34. The minimum atomic E-state index is -0.390. The van der Waals surface area contributed by atoms with Crippen LogP contribution in [-0.2, 0) is 6.54 Å². The van der Waals surface area contributed by atoms with Gasteiger partial charge >= 0.3 is 0 Å². The largest absolute Gasteiger partial charge is 0.304 e. The number of carbonyl (C=O) groups excluding carboxylic acids is 1. The second kappa shape index (κ2) is 9.33. The van der Waals surface area contributed by atoms with E-state index in [0.29, 0.717) is 17.8 Å². The smallest absolute Gasteiger partial charge is 0.260 e. The average molecular weight is 472 g/mol. The zero-order valence-electron chi connectivity index (χ0n) is 17.9. The molecule has 0 spiro atoms. The first-order valence-electron chi connectivity index (χ1n) is 10.6. The van der Waals surface area contributed by atoms with E-state index in [1.807, 2.05) is 60.7 Å². The highest BCUT2D eigenvalue weighted by molar-refractivity contribution is 6.33. The van der Waals surface area contributed by atoms with Crippen LogP contribution in [0.5, 0.6) is 0 Å². The number of para-hydroxylation sites is 1. The Kier molecular flexibility index (Phi) is 5.93. The lowest BCUT2D eigenvalue weighted by molar-refractivity contribution is 0.102. The average Bonchev–Trinajstić information content (AvgIpc) is 3.44. The summed E-state index contributed by atoms with van der Waals surface area (Å²) in [6.07, 6.45) is 3.28. The van der Waals surface area contributed by atoms with Gasteiger partial charge in [-0.1, -0.05) is 72.3 Å². The number of amides is 1. The molecule has 0 fully saturated rings. The number of carbonyl (C=O) groups is 1. The van der Waals surface area contributed by atoms with E-state index in [1.54, 1.807) is 33.9 Å². The second-order valence-corrected chi connectivity index (χ2v) is 8.05. The number of aromatic nitrogens is 4. The van der Waals surface area contributed by atoms with Crippen molar-refractivity contribution < 1.29 is 9.18 Å². The SMILES string of the molecule is O=C(Nc1nn(Cc2cccc(F)c2)cc1Cl)c1cn(-c2ccccc2)nc1-c1ccccc1. The summed E-state index contributed by atoms with van der Waals surface area (Å²) in [6, 6.07) is 25.3. The molecule has 0 unspecified atom stereocenters. The van der Waals surface area contributed by atoms with E-state index in [4.69, 9.17) is 11.6 Å². The Morgan fingerprint density at radius 3 is 2.38 bits per heavy atom. The van der Waals surface area contributed by atoms with Gasteiger partial charge in [0.25, 0.3) is 5.91 Å². The van der Waals surface area contributed by atoms with Crippen LogP contribution in [0.1, 0.15) is 15.9 Å². The molecular weight excluding hydrogens is 453 g/mol. The van der Waals surface area contributed by atoms with Crippen LogP contribution in [0.25, 0.3) is 16.9 Å². The minimum absolute atomic E-state index is 0.217. The van der Waals surface area contributed by atoms with Crippen molar-refractivity contribution in [2.45, 2.75) is 6.54 Å². The molecular formula is C26H19ClFN5O. The Morgan fingerprint density at radius 1 is 0.912 bits per heavy atom. The van der Waals surface area contributed by atoms with Crippen molar-refractivity contribution >= 4 is 23.3 Å². The molecule has 6 nitrogen and oxygen atoms in total. The fraction of sp³-hybridized carbons (Fsp3) is 0.0385. The Bertz CT molecular complexity index is 1450. The molecule has 2 heterocycles. The lowest BCUT2D eigenvalue weighted by Crippen LogP contribution is -2.13. The maximum Gasteiger partial charge on any atom is 0.260 e. The number of nitrogens with one attached hydrogen (secondary N) is 1. The summed E-state index contributed by atoms with van der Waals surface area (Å²) in [5.41, 5.74) is 3.29. The molecule has 0 atom stereocenters. The van der Waals surface area contributed by atoms with Crippen LogP contribution < -0.4 is 5.32 Å². The number of anilines is 1. The number of benzene rings is 3. The molecule has 5 aromatic rings. The standard InChI is InChI=1S/C26H19ClFN5O/c27-23-17-32(15-18-8-7-11-20(28)14-18)31-25(23)29-26(34)22-16-33(21-12-5-2-6-13-21)30-24(22)19-9-3-1-4-10-19/h1-14,16-17H,15H2,(H,29,31,34). The fourth-order valence-corrected chi connectivity index (χ4v) is 3.82. The molecule has 34 heavy (non-hydrogen) atoms. The molecule has 2 aromatic heterocycles. The lowest BCUT2D eigenvalue weighted by Gasteiger charge is -2.04. The maximum atomic E-state index is 13.5. The predicted molar refractivity (Wildman–Crippen MR) is 130 cm³/mol. The van der Waals surface area contributed by atoms with Crippen LogP contribution in [0.15, 0.2) is 97.3 Å². The third kappa shape index (κ3) is 4.60. The number of rotatable bonds is 6. The van der Waals surface area contributed by atoms with E-state index in [0.717, 1.165) is 16.8 Å². The van der Waals surface area contributed by atoms with Gasteiger partial charge in [-0.05, 0) is 29.8 Å². The molecule has 0 aliphatic rings. The van der Waals surface area contributed by atoms with Crippen molar-refractivity contribution in [3.8, 4) is 16.9 Å². The molecule has 1 amide bonds. The van der Waals surface area contributed by atoms with E-state index in [1.165, 1.54) is 12.1 Å². The summed E-state index contributed by atoms with van der Waals surface area (Å²) < 4.78 is 16.7. The Balaban J connectivity index is 1.44. The minimum Gasteiger partial charge on any atom is -0.304 e. The summed E-state index contributed by atoms with van der Waals surface area (Å²) in [5, 5.41) is 12.1. The van der Waals surface area contributed by atoms with Crippen molar-refractivity contribution in [1.29, 1.82) is 0 Å². The van der Waals surface area contributed by atoms with E-state index >= 15 is 0 Å². The zero-order valence-corrected chi connectivity index (χ0v) is 18.7. The monoisotopic (exact) mass is 471 g/mol. The summed E-state index contributed by atoms with van der Waals surface area (Å²) in [5.74, 6) is -0.498. The van der Waals surface area contributed by atoms with Gasteiger partial charge in [0.1, 0.15) is 16.5 Å². The van der Waals surface area contributed by atoms with Gasteiger partial charge in [-0.15, -0.1) is 0 Å². The van der Waals surface area contributed by atoms with Gasteiger partial charge in [0, 0.05) is 18.0 Å². The highest BCUT2D eigenvalue weighted by atomic mass is 35.5. The van der Waals surface area contributed by atoms with E-state index < -0.39 is 0 Å². The number of hydrogen-bond acceptors (Lipinski definition) is 3. The molecule has 0 radical (unpaired) electrons. The normalized spacial score (nSPS) is 10.9. The third-order valence-electron chi connectivity index (χ3n) is 5.21. The third-order valence-corrected chi connectivity index (χ3v) is 5.49. The first-order chi connectivity index (χ1) is 16.6. The molecule has 3 aromatic carbocycles. The van der Waals surface area contributed by atoms with Crippen LogP contribution in [0.2, 0.25) is 5.02 Å². The molecule has 1 N–H and O–H groups in total. The fourth-order valence-electron chi connectivity index (χ4n) is 3.62. The predicted octanol–water partition coefficient (Wildman–Crippen LogP) is 5.83. The van der Waals surface area contributed by atoms with Crippen LogP contribution >= 0.6 is 11.6 Å². The molecule has 5 rings (SSSR count). The van der Waals surface area contributed by atoms with Gasteiger partial charge in [0.2, 0.25) is 0 Å². The van der Waals surface area contributed by atoms with E-state index in [-0.39, 0.29) is 22.6 Å². The summed E-state index contributed by atoms with van der Waals surface area (Å²) in [6.45, 7) is 0.314. The van der Waals surface area contributed by atoms with Gasteiger partial charge in [-0.25, -0.2) is 9.07 Å². The van der Waals surface area contributed by atoms with Crippen LogP contribution in [0.3, 0.4) is 0 Å². The molecule has 0 saturated carbocycles. The Hall–Kier alpha value is -4.23. The van der Waals surface area contributed by atoms with Gasteiger partial charge in [-0.2, -0.15) is 10.2 Å². The maximum absolute atomic E-state index is 13.5. The topological polar surface area (TPSA) is 64.7 Å². The quantitative estimate of drug-likeness (QED) is 0.339. The molecule has 0 saturated heterocycles. The van der Waals surface area contributed by atoms with Gasteiger partial charge < -0.3 is 5.32 Å². The van der Waals surface area contributed by atoms with Gasteiger partial charge in [0.15, 0.2) is 5.82 Å². The van der Waals surface area contributed by atoms with Crippen molar-refractivity contribution in [1.82, 2.24) is 19.6 Å². The number of hydrogen-bond donors (Lipinski definition) is 1. The van der Waals surface area contributed by atoms with Gasteiger partial charge in [-0.3, -0.25) is 9.48 Å². The van der Waals surface area contributed by atoms with Crippen LogP contribution in [0.4, 0.5) is 10.2 Å². The van der Waals surface area contributed by atoms with Crippen molar-refractivity contribution in [2.75, 3.05) is 5.32 Å². The van der Waals surface area contributed by atoms with E-state index in [2.05, 4.69) is 15.5 Å². The molecule has 0 aliphatic carbocycles. The molecule has 0 aliphatic heterocycles. The molecule has 168 valence electrons. The Morgan fingerprint density at radius 2 is 1.65 bits per heavy atom. The highest BCUT2D eigenvalue weighted by Gasteiger charge is 2.21. The first kappa shape index (κ1) is 21.6. The number of halogens is 2. The van der Waals surface area contributed by atoms with Gasteiger partial charge in [0.05, 0.1) is 17.8 Å². The second-order valence-electron chi connectivity index (χ2n) is 7.64. The van der Waals surface area contributed by atoms with E-state index in [9.17, 15) is 9.18 Å². The lowest BCUT2D eigenvalue weighted by atomic mass is 10.1. The summed E-state index contributed by atoms with van der Waals surface area (Å²) in [4.78, 5) is 13.3. The first-order valence-corrected chi connectivity index (χ1v) is 10.9. The number of nitrogens with zero attached hydrogens (tertiary/aromatic N) is 4. The molecule has 8 heteroatoms. The zero-order chi connectivity index (χ0) is 23.5. The van der Waals surface area contributed by atoms with Crippen molar-refractivity contribution in [2.24, 2.45) is 0 Å². The summed E-state index contributed by atoms with van der Waals surface area (Å²) in [7, 11) is 0. The highest BCUT2D eigenvalue weighted by Crippen LogP contribution is 2.26. The van der Waals surface area contributed by atoms with Crippen LogP contribution in [0, 0.1) is 5.82 Å². The van der Waals surface area contributed by atoms with Crippen LogP contribution in [-0.4, -0.2) is 25.5 Å². The molecule has 0 bridgehead atoms. The van der Waals surface area contributed by atoms with Crippen molar-refractivity contribution in [3.05, 3.63) is 119 Å². The van der Waals surface area contributed by atoms with Crippen molar-refractivity contribution in [3.63, 3.8) is 0 Å². The Labute approximate surface area is 200 Å².